The Morgan fingerprint density at radius 2 is 1.78 bits per heavy atom. The number of hydrogen-bond donors (Lipinski definition) is 1. The molecule has 0 spiro atoms. The second-order valence-corrected chi connectivity index (χ2v) is 9.47. The maximum atomic E-state index is 12.8. The van der Waals surface area contributed by atoms with Crippen molar-refractivity contribution in [1.82, 2.24) is 14.9 Å². The molecule has 3 aromatic carbocycles. The van der Waals surface area contributed by atoms with E-state index >= 15 is 0 Å². The van der Waals surface area contributed by atoms with Crippen molar-refractivity contribution < 1.29 is 14.3 Å². The molecule has 0 saturated carbocycles. The Labute approximate surface area is 213 Å². The third-order valence-corrected chi connectivity index (χ3v) is 6.34. The van der Waals surface area contributed by atoms with Crippen LogP contribution in [-0.2, 0) is 17.8 Å². The predicted octanol–water partition coefficient (Wildman–Crippen LogP) is 5.98. The molecular weight excluding hydrogens is 450 g/mol. The Balaban J connectivity index is 1.49. The fraction of sp³-hybridized carbons (Fsp3) is 0.333. The molecule has 4 rings (SSSR count). The number of imidazole rings is 1. The van der Waals surface area contributed by atoms with E-state index < -0.39 is 0 Å². The lowest BCUT2D eigenvalue weighted by molar-refractivity contribution is -0.121. The van der Waals surface area contributed by atoms with Crippen LogP contribution in [0.3, 0.4) is 0 Å². The second kappa shape index (κ2) is 11.3. The number of nitrogens with zero attached hydrogens (tertiary/aromatic N) is 2. The summed E-state index contributed by atoms with van der Waals surface area (Å²) in [6.45, 7) is 9.53. The van der Waals surface area contributed by atoms with E-state index in [2.05, 4.69) is 54.9 Å². The van der Waals surface area contributed by atoms with Gasteiger partial charge in [-0.25, -0.2) is 4.98 Å². The maximum absolute atomic E-state index is 12.8. The van der Waals surface area contributed by atoms with Crippen LogP contribution in [0.2, 0.25) is 0 Å². The van der Waals surface area contributed by atoms with Gasteiger partial charge in [-0.05, 0) is 66.8 Å². The van der Waals surface area contributed by atoms with Gasteiger partial charge in [0, 0.05) is 0 Å². The van der Waals surface area contributed by atoms with E-state index in [9.17, 15) is 4.79 Å². The highest BCUT2D eigenvalue weighted by Crippen LogP contribution is 2.28. The fourth-order valence-corrected chi connectivity index (χ4v) is 4.44. The molecule has 1 N–H and O–H groups in total. The van der Waals surface area contributed by atoms with E-state index in [1.54, 1.807) is 7.11 Å². The van der Waals surface area contributed by atoms with Gasteiger partial charge in [-0.3, -0.25) is 4.79 Å². The molecule has 1 unspecified atom stereocenters. The first-order valence-electron chi connectivity index (χ1n) is 12.5. The number of carbonyl (C=O) groups excluding carboxylic acids is 1. The van der Waals surface area contributed by atoms with Crippen molar-refractivity contribution in [2.75, 3.05) is 13.7 Å². The molecular formula is C30H35N3O3. The van der Waals surface area contributed by atoms with Crippen molar-refractivity contribution in [2.24, 2.45) is 0 Å². The van der Waals surface area contributed by atoms with Crippen LogP contribution in [0.5, 0.6) is 11.5 Å². The fourth-order valence-electron chi connectivity index (χ4n) is 4.44. The van der Waals surface area contributed by atoms with Crippen LogP contribution in [0, 0.1) is 6.92 Å². The number of hydrogen-bond acceptors (Lipinski definition) is 4. The van der Waals surface area contributed by atoms with Gasteiger partial charge in [0.1, 0.15) is 23.9 Å². The zero-order valence-electron chi connectivity index (χ0n) is 21.7. The van der Waals surface area contributed by atoms with Gasteiger partial charge in [-0.15, -0.1) is 0 Å². The molecule has 6 nitrogen and oxygen atoms in total. The Kier molecular flexibility index (Phi) is 7.93. The molecule has 0 aliphatic rings. The van der Waals surface area contributed by atoms with Gasteiger partial charge in [0.15, 0.2) is 0 Å². The third-order valence-electron chi connectivity index (χ3n) is 6.34. The van der Waals surface area contributed by atoms with Crippen molar-refractivity contribution in [1.29, 1.82) is 0 Å². The van der Waals surface area contributed by atoms with Gasteiger partial charge in [0.25, 0.3) is 0 Å². The molecule has 36 heavy (non-hydrogen) atoms. The molecule has 0 aliphatic heterocycles. The first-order valence-corrected chi connectivity index (χ1v) is 12.5. The number of nitrogens with one attached hydrogen (secondary N) is 1. The van der Waals surface area contributed by atoms with Crippen LogP contribution >= 0.6 is 0 Å². The topological polar surface area (TPSA) is 65.4 Å². The van der Waals surface area contributed by atoms with E-state index in [4.69, 9.17) is 14.5 Å². The molecule has 4 aromatic rings. The monoisotopic (exact) mass is 485 g/mol. The van der Waals surface area contributed by atoms with E-state index in [0.29, 0.717) is 25.5 Å². The molecule has 1 aromatic heterocycles. The number of rotatable bonds is 10. The first kappa shape index (κ1) is 25.3. The lowest BCUT2D eigenvalue weighted by atomic mass is 10.0. The largest absolute Gasteiger partial charge is 0.497 e. The van der Waals surface area contributed by atoms with Crippen molar-refractivity contribution in [3.63, 3.8) is 0 Å². The minimum Gasteiger partial charge on any atom is -0.497 e. The van der Waals surface area contributed by atoms with Crippen molar-refractivity contribution in [3.05, 3.63) is 89.2 Å². The third kappa shape index (κ3) is 5.88. The summed E-state index contributed by atoms with van der Waals surface area (Å²) in [5, 5.41) is 3.12. The average Bonchev–Trinajstić information content (AvgIpc) is 3.23. The van der Waals surface area contributed by atoms with Crippen LogP contribution in [-0.4, -0.2) is 29.2 Å². The smallest absolute Gasteiger partial charge is 0.224 e. The SMILES string of the molecule is COc1ccc(CC(=O)NC(C)c2nc3ccccc3n2CCOc2cc(C)ccc2C(C)C)cc1. The summed E-state index contributed by atoms with van der Waals surface area (Å²) in [5.41, 5.74) is 5.25. The number of ether oxygens (including phenoxy) is 2. The lowest BCUT2D eigenvalue weighted by Crippen LogP contribution is -2.30. The summed E-state index contributed by atoms with van der Waals surface area (Å²) >= 11 is 0. The number of methoxy groups -OCH3 is 1. The normalized spacial score (nSPS) is 12.1. The van der Waals surface area contributed by atoms with E-state index in [1.807, 2.05) is 49.4 Å². The van der Waals surface area contributed by atoms with Crippen LogP contribution in [0.1, 0.15) is 55.2 Å². The van der Waals surface area contributed by atoms with Gasteiger partial charge in [-0.1, -0.05) is 50.2 Å². The molecule has 6 heteroatoms. The van der Waals surface area contributed by atoms with Gasteiger partial charge in [0.05, 0.1) is 37.2 Å². The Morgan fingerprint density at radius 1 is 1.03 bits per heavy atom. The molecule has 1 heterocycles. The van der Waals surface area contributed by atoms with Crippen LogP contribution in [0.15, 0.2) is 66.7 Å². The van der Waals surface area contributed by atoms with Crippen molar-refractivity contribution in [2.45, 2.75) is 52.6 Å². The molecule has 0 radical (unpaired) electrons. The second-order valence-electron chi connectivity index (χ2n) is 9.47. The highest BCUT2D eigenvalue weighted by atomic mass is 16.5. The Morgan fingerprint density at radius 3 is 2.50 bits per heavy atom. The number of fused-ring (bicyclic) bond motifs is 1. The molecule has 0 aliphatic carbocycles. The summed E-state index contributed by atoms with van der Waals surface area (Å²) in [4.78, 5) is 17.7. The summed E-state index contributed by atoms with van der Waals surface area (Å²) < 4.78 is 13.6. The summed E-state index contributed by atoms with van der Waals surface area (Å²) in [6.07, 6.45) is 0.295. The van der Waals surface area contributed by atoms with Crippen LogP contribution in [0.4, 0.5) is 0 Å². The highest BCUT2D eigenvalue weighted by Gasteiger charge is 2.19. The average molecular weight is 486 g/mol. The zero-order valence-corrected chi connectivity index (χ0v) is 21.7. The van der Waals surface area contributed by atoms with Crippen LogP contribution < -0.4 is 14.8 Å². The number of aromatic nitrogens is 2. The quantitative estimate of drug-likeness (QED) is 0.300. The number of para-hydroxylation sites is 2. The van der Waals surface area contributed by atoms with E-state index in [-0.39, 0.29) is 11.9 Å². The first-order chi connectivity index (χ1) is 17.4. The van der Waals surface area contributed by atoms with Gasteiger partial charge < -0.3 is 19.4 Å². The number of benzene rings is 3. The Hall–Kier alpha value is -3.80. The summed E-state index contributed by atoms with van der Waals surface area (Å²) in [5.74, 6) is 2.85. The van der Waals surface area contributed by atoms with Crippen LogP contribution in [0.25, 0.3) is 11.0 Å². The minimum absolute atomic E-state index is 0.0520. The number of amides is 1. The molecule has 0 bridgehead atoms. The van der Waals surface area contributed by atoms with Gasteiger partial charge in [0.2, 0.25) is 5.91 Å². The molecule has 1 amide bonds. The van der Waals surface area contributed by atoms with Gasteiger partial charge >= 0.3 is 0 Å². The number of carbonyl (C=O) groups is 1. The standard InChI is InChI=1S/C30H35N3O3/c1-20(2)25-15-10-21(3)18-28(25)36-17-16-33-27-9-7-6-8-26(27)32-30(33)22(4)31-29(34)19-23-11-13-24(35-5)14-12-23/h6-15,18,20,22H,16-17,19H2,1-5H3,(H,31,34). The van der Waals surface area contributed by atoms with E-state index in [0.717, 1.165) is 33.9 Å². The van der Waals surface area contributed by atoms with Gasteiger partial charge in [-0.2, -0.15) is 0 Å². The molecule has 188 valence electrons. The maximum Gasteiger partial charge on any atom is 0.224 e. The summed E-state index contributed by atoms with van der Waals surface area (Å²) in [6, 6.07) is 21.7. The molecule has 0 saturated heterocycles. The number of aryl methyl sites for hydroxylation is 1. The Bertz CT molecular complexity index is 1330. The zero-order chi connectivity index (χ0) is 25.7. The van der Waals surface area contributed by atoms with E-state index in [1.165, 1.54) is 11.1 Å². The molecule has 0 fully saturated rings. The lowest BCUT2D eigenvalue weighted by Gasteiger charge is -2.18. The molecule has 1 atom stereocenters. The predicted molar refractivity (Wildman–Crippen MR) is 144 cm³/mol. The van der Waals surface area contributed by atoms with Crippen molar-refractivity contribution >= 4 is 16.9 Å². The summed E-state index contributed by atoms with van der Waals surface area (Å²) in [7, 11) is 1.63. The minimum atomic E-state index is -0.256. The highest BCUT2D eigenvalue weighted by molar-refractivity contribution is 5.79. The van der Waals surface area contributed by atoms with Crippen molar-refractivity contribution in [3.8, 4) is 11.5 Å².